The predicted octanol–water partition coefficient (Wildman–Crippen LogP) is -1.57. The molecule has 4 aromatic rings. The van der Waals surface area contributed by atoms with Crippen LogP contribution in [0.1, 0.15) is 12.5 Å². The van der Waals surface area contributed by atoms with Crippen molar-refractivity contribution >= 4 is 52.6 Å². The van der Waals surface area contributed by atoms with Crippen molar-refractivity contribution in [1.29, 1.82) is 0 Å². The zero-order valence-corrected chi connectivity index (χ0v) is 24.3. The summed E-state index contributed by atoms with van der Waals surface area (Å²) in [6.07, 6.45) is -0.988. The Hall–Kier alpha value is -3.00. The van der Waals surface area contributed by atoms with E-state index in [1.54, 1.807) is 4.57 Å². The van der Waals surface area contributed by atoms with Gasteiger partial charge in [-0.15, -0.1) is 0 Å². The SMILES string of the molecule is Nc1nc2c(ncn2[C@@H]2O[C@H](COPOC[C@H]3[C@@H](O)[C@H](n4cnc5c(N)ncnc54)O[C@@H]3COP)[C@@H](N)[C@H]2OO)c(=O)[nH]1. The molecule has 10 atom stereocenters. The van der Waals surface area contributed by atoms with Crippen LogP contribution >= 0.6 is 18.5 Å². The summed E-state index contributed by atoms with van der Waals surface area (Å²) in [6, 6.07) is -0.825. The number of fused-ring (bicyclic) bond motifs is 2. The summed E-state index contributed by atoms with van der Waals surface area (Å²) >= 11 is 0. The molecule has 0 aromatic carbocycles. The smallest absolute Gasteiger partial charge is 0.280 e. The molecule has 4 aromatic heterocycles. The Morgan fingerprint density at radius 2 is 1.72 bits per heavy atom. The molecule has 0 radical (unpaired) electrons. The normalized spacial score (nSPS) is 29.6. The summed E-state index contributed by atoms with van der Waals surface area (Å²) in [7, 11) is 1.70. The highest BCUT2D eigenvalue weighted by Crippen LogP contribution is 2.38. The molecule has 22 heteroatoms. The Kier molecular flexibility index (Phi) is 8.77. The maximum atomic E-state index is 12.1. The molecule has 2 unspecified atom stereocenters. The third-order valence-electron chi connectivity index (χ3n) is 7.34. The lowest BCUT2D eigenvalue weighted by Gasteiger charge is -2.20. The highest BCUT2D eigenvalue weighted by atomic mass is 31.1. The van der Waals surface area contributed by atoms with Crippen LogP contribution in [0.2, 0.25) is 0 Å². The number of hydrogen-bond acceptors (Lipinski definition) is 17. The number of nitrogen functional groups attached to an aromatic ring is 2. The zero-order chi connectivity index (χ0) is 30.2. The summed E-state index contributed by atoms with van der Waals surface area (Å²) in [5.41, 5.74) is 18.3. The largest absolute Gasteiger partial charge is 0.388 e. The minimum absolute atomic E-state index is 0.0224. The first-order chi connectivity index (χ1) is 20.8. The molecule has 43 heavy (non-hydrogen) atoms. The monoisotopic (exact) mass is 641 g/mol. The second kappa shape index (κ2) is 12.5. The first-order valence-corrected chi connectivity index (χ1v) is 14.1. The van der Waals surface area contributed by atoms with E-state index in [0.717, 1.165) is 0 Å². The van der Waals surface area contributed by atoms with Crippen molar-refractivity contribution in [2.75, 3.05) is 31.3 Å². The average Bonchev–Trinajstić information content (AvgIpc) is 3.74. The summed E-state index contributed by atoms with van der Waals surface area (Å²) < 4.78 is 31.7. The molecular formula is C21H29N11O9P2. The molecule has 0 aliphatic carbocycles. The average molecular weight is 641 g/mol. The fourth-order valence-corrected chi connectivity index (χ4v) is 5.97. The van der Waals surface area contributed by atoms with Gasteiger partial charge in [0.2, 0.25) is 5.95 Å². The highest BCUT2D eigenvalue weighted by molar-refractivity contribution is 7.26. The molecule has 9 N–H and O–H groups in total. The van der Waals surface area contributed by atoms with Gasteiger partial charge in [0, 0.05) is 15.4 Å². The third kappa shape index (κ3) is 5.56. The number of imidazole rings is 2. The number of aromatic nitrogens is 8. The van der Waals surface area contributed by atoms with Gasteiger partial charge in [-0.25, -0.2) is 24.8 Å². The summed E-state index contributed by atoms with van der Waals surface area (Å²) in [5.74, 6) is -0.394. The molecule has 0 saturated carbocycles. The third-order valence-corrected chi connectivity index (χ3v) is 8.10. The molecule has 6 rings (SSSR count). The Morgan fingerprint density at radius 1 is 1.00 bits per heavy atom. The maximum Gasteiger partial charge on any atom is 0.280 e. The van der Waals surface area contributed by atoms with Gasteiger partial charge in [0.1, 0.15) is 24.1 Å². The fourth-order valence-electron chi connectivity index (χ4n) is 5.20. The van der Waals surface area contributed by atoms with Crippen molar-refractivity contribution in [1.82, 2.24) is 39.0 Å². The lowest BCUT2D eigenvalue weighted by atomic mass is 9.99. The topological polar surface area (TPSA) is 281 Å². The molecule has 232 valence electrons. The van der Waals surface area contributed by atoms with E-state index in [1.165, 1.54) is 23.5 Å². The quantitative estimate of drug-likeness (QED) is 0.0467. The minimum atomic E-state index is -1.03. The van der Waals surface area contributed by atoms with E-state index in [1.807, 2.05) is 0 Å². The molecule has 0 spiro atoms. The highest BCUT2D eigenvalue weighted by Gasteiger charge is 2.47. The number of anilines is 2. The van der Waals surface area contributed by atoms with E-state index in [0.29, 0.717) is 11.2 Å². The number of ether oxygens (including phenoxy) is 2. The van der Waals surface area contributed by atoms with Crippen LogP contribution in [-0.2, 0) is 27.9 Å². The van der Waals surface area contributed by atoms with Crippen LogP contribution in [0, 0.1) is 5.92 Å². The minimum Gasteiger partial charge on any atom is -0.388 e. The summed E-state index contributed by atoms with van der Waals surface area (Å²) in [6.45, 7) is 0.221. The predicted molar refractivity (Wildman–Crippen MR) is 151 cm³/mol. The first-order valence-electron chi connectivity index (χ1n) is 12.8. The second-order valence-corrected chi connectivity index (χ2v) is 10.9. The van der Waals surface area contributed by atoms with Crippen LogP contribution in [-0.4, -0.2) is 99.7 Å². The molecule has 0 amide bonds. The van der Waals surface area contributed by atoms with Crippen molar-refractivity contribution in [2.45, 2.75) is 42.9 Å². The van der Waals surface area contributed by atoms with E-state index >= 15 is 0 Å². The van der Waals surface area contributed by atoms with Gasteiger partial charge in [-0.1, -0.05) is 0 Å². The summed E-state index contributed by atoms with van der Waals surface area (Å²) in [5, 5.41) is 20.7. The van der Waals surface area contributed by atoms with Crippen LogP contribution in [0.25, 0.3) is 22.3 Å². The van der Waals surface area contributed by atoms with E-state index in [-0.39, 0.29) is 42.8 Å². The van der Waals surface area contributed by atoms with Crippen LogP contribution in [0.4, 0.5) is 11.8 Å². The van der Waals surface area contributed by atoms with E-state index in [4.69, 9.17) is 40.2 Å². The zero-order valence-electron chi connectivity index (χ0n) is 22.2. The number of aliphatic hydroxyl groups is 1. The molecular weight excluding hydrogens is 612 g/mol. The second-order valence-electron chi connectivity index (χ2n) is 9.83. The van der Waals surface area contributed by atoms with Gasteiger partial charge < -0.3 is 45.4 Å². The first kappa shape index (κ1) is 30.0. The van der Waals surface area contributed by atoms with E-state index < -0.39 is 63.4 Å². The van der Waals surface area contributed by atoms with Crippen LogP contribution in [0.15, 0.2) is 23.8 Å². The van der Waals surface area contributed by atoms with Crippen LogP contribution in [0.5, 0.6) is 0 Å². The molecule has 2 saturated heterocycles. The molecule has 0 bridgehead atoms. The van der Waals surface area contributed by atoms with E-state index in [2.05, 4.69) is 44.3 Å². The van der Waals surface area contributed by atoms with Gasteiger partial charge in [-0.05, 0) is 0 Å². The van der Waals surface area contributed by atoms with Crippen molar-refractivity contribution < 1.29 is 38.3 Å². The Balaban J connectivity index is 1.06. The molecule has 2 aliphatic rings. The number of hydrogen-bond donors (Lipinski definition) is 6. The number of nitrogens with two attached hydrogens (primary N) is 3. The Labute approximate surface area is 245 Å². The van der Waals surface area contributed by atoms with Gasteiger partial charge in [-0.2, -0.15) is 4.98 Å². The van der Waals surface area contributed by atoms with Crippen molar-refractivity contribution in [3.8, 4) is 0 Å². The number of nitrogens with one attached hydrogen (secondary N) is 1. The van der Waals surface area contributed by atoms with Crippen LogP contribution in [0.3, 0.4) is 0 Å². The fraction of sp³-hybridized carbons (Fsp3) is 0.524. The lowest BCUT2D eigenvalue weighted by Crippen LogP contribution is -2.42. The molecule has 2 fully saturated rings. The van der Waals surface area contributed by atoms with Crippen molar-refractivity contribution in [3.63, 3.8) is 0 Å². The van der Waals surface area contributed by atoms with Gasteiger partial charge in [0.15, 0.2) is 50.2 Å². The molecule has 6 heterocycles. The molecule has 20 nitrogen and oxygen atoms in total. The number of aliphatic hydroxyl groups excluding tert-OH is 1. The van der Waals surface area contributed by atoms with Gasteiger partial charge >= 0.3 is 0 Å². The van der Waals surface area contributed by atoms with E-state index in [9.17, 15) is 15.2 Å². The van der Waals surface area contributed by atoms with Gasteiger partial charge in [0.05, 0.1) is 44.6 Å². The molecule has 2 aliphatic heterocycles. The number of rotatable bonds is 11. The standard InChI is InChI=1S/C21H29N11O9P2/c22-10-9(40-20(14(10)41-35)32-6-28-12-17(32)29-21(24)30-18(12)34)3-38-43-37-1-7-8(2-36-42)39-19(13(7)33)31-5-27-11-15(23)25-4-26-16(11)31/h4-10,13-14,19-20,33,35,43H,1-3,22,42H2,(H2,23,25,26)(H3,24,29,30,34)/t7-,8-,9-,10-,13-,14-,19-,20-/m1/s1. The summed E-state index contributed by atoms with van der Waals surface area (Å²) in [4.78, 5) is 39.7. The Bertz CT molecular complexity index is 1640. The number of aromatic amines is 1. The lowest BCUT2D eigenvalue weighted by molar-refractivity contribution is -0.295. The van der Waals surface area contributed by atoms with Crippen LogP contribution < -0.4 is 22.8 Å². The van der Waals surface area contributed by atoms with Gasteiger partial charge in [-0.3, -0.25) is 24.2 Å². The Morgan fingerprint density at radius 3 is 2.49 bits per heavy atom. The number of H-pyrrole nitrogens is 1. The van der Waals surface area contributed by atoms with Crippen molar-refractivity contribution in [3.05, 3.63) is 29.3 Å². The number of nitrogens with zero attached hydrogens (tertiary/aromatic N) is 7. The maximum absolute atomic E-state index is 12.1. The van der Waals surface area contributed by atoms with Crippen molar-refractivity contribution in [2.24, 2.45) is 11.7 Å². The van der Waals surface area contributed by atoms with Gasteiger partial charge in [0.25, 0.3) is 5.56 Å².